The second-order valence-corrected chi connectivity index (χ2v) is 5.30. The first-order valence-corrected chi connectivity index (χ1v) is 7.84. The number of carbonyl (C=O) groups excluding carboxylic acids is 1. The van der Waals surface area contributed by atoms with Crippen LogP contribution in [0, 0.1) is 13.8 Å². The molecule has 0 atom stereocenters. The number of benzene rings is 2. The molecule has 0 aliphatic rings. The van der Waals surface area contributed by atoms with Crippen LogP contribution in [0.1, 0.15) is 23.6 Å². The highest BCUT2D eigenvalue weighted by Gasteiger charge is 2.03. The van der Waals surface area contributed by atoms with Gasteiger partial charge in [0.15, 0.2) is 6.61 Å². The third-order valence-electron chi connectivity index (χ3n) is 3.46. The van der Waals surface area contributed by atoms with Crippen molar-refractivity contribution < 1.29 is 14.3 Å². The number of hydrazone groups is 1. The minimum atomic E-state index is -0.321. The van der Waals surface area contributed by atoms with Gasteiger partial charge in [-0.25, -0.2) is 5.43 Å². The molecule has 0 spiro atoms. The van der Waals surface area contributed by atoms with Crippen LogP contribution in [-0.2, 0) is 4.79 Å². The lowest BCUT2D eigenvalue weighted by Gasteiger charge is -2.07. The molecule has 0 fully saturated rings. The molecule has 0 aliphatic heterocycles. The zero-order valence-corrected chi connectivity index (χ0v) is 14.2. The van der Waals surface area contributed by atoms with Gasteiger partial charge in [-0.15, -0.1) is 0 Å². The summed E-state index contributed by atoms with van der Waals surface area (Å²) >= 11 is 0. The second kappa shape index (κ2) is 8.72. The Hall–Kier alpha value is -2.82. The predicted octanol–water partition coefficient (Wildman–Crippen LogP) is 3.23. The molecule has 0 bridgehead atoms. The number of carbonyl (C=O) groups is 1. The first kappa shape index (κ1) is 17.5. The molecular weight excluding hydrogens is 304 g/mol. The van der Waals surface area contributed by atoms with Crippen LogP contribution < -0.4 is 14.9 Å². The van der Waals surface area contributed by atoms with E-state index in [-0.39, 0.29) is 12.5 Å². The number of nitrogens with one attached hydrogen (secondary N) is 1. The van der Waals surface area contributed by atoms with Gasteiger partial charge in [-0.3, -0.25) is 4.79 Å². The van der Waals surface area contributed by atoms with E-state index >= 15 is 0 Å². The van der Waals surface area contributed by atoms with E-state index in [0.717, 1.165) is 16.9 Å². The first-order chi connectivity index (χ1) is 11.6. The van der Waals surface area contributed by atoms with Gasteiger partial charge in [0, 0.05) is 5.56 Å². The van der Waals surface area contributed by atoms with Crippen molar-refractivity contribution >= 4 is 12.1 Å². The monoisotopic (exact) mass is 326 g/mol. The summed E-state index contributed by atoms with van der Waals surface area (Å²) in [6.45, 7) is 6.43. The third kappa shape index (κ3) is 5.12. The van der Waals surface area contributed by atoms with Crippen LogP contribution in [0.3, 0.4) is 0 Å². The molecule has 0 saturated carbocycles. The van der Waals surface area contributed by atoms with E-state index in [4.69, 9.17) is 9.47 Å². The van der Waals surface area contributed by atoms with Crippen LogP contribution in [0.4, 0.5) is 0 Å². The normalized spacial score (nSPS) is 10.6. The molecule has 1 amide bonds. The van der Waals surface area contributed by atoms with Crippen LogP contribution in [0.15, 0.2) is 47.6 Å². The average Bonchev–Trinajstić information content (AvgIpc) is 2.58. The summed E-state index contributed by atoms with van der Waals surface area (Å²) in [6.07, 6.45) is 1.55. The predicted molar refractivity (Wildman–Crippen MR) is 94.8 cm³/mol. The maximum Gasteiger partial charge on any atom is 0.277 e. The summed E-state index contributed by atoms with van der Waals surface area (Å²) in [6, 6.07) is 13.2. The number of rotatable bonds is 7. The van der Waals surface area contributed by atoms with Gasteiger partial charge in [-0.2, -0.15) is 5.10 Å². The summed E-state index contributed by atoms with van der Waals surface area (Å²) in [5, 5.41) is 3.94. The third-order valence-corrected chi connectivity index (χ3v) is 3.46. The Morgan fingerprint density at radius 3 is 2.67 bits per heavy atom. The van der Waals surface area contributed by atoms with Gasteiger partial charge in [0.05, 0.1) is 12.8 Å². The van der Waals surface area contributed by atoms with Crippen LogP contribution in [0.5, 0.6) is 11.5 Å². The van der Waals surface area contributed by atoms with E-state index in [9.17, 15) is 4.79 Å². The number of nitrogens with zero attached hydrogens (tertiary/aromatic N) is 1. The second-order valence-electron chi connectivity index (χ2n) is 5.30. The summed E-state index contributed by atoms with van der Waals surface area (Å²) < 4.78 is 11.0. The summed E-state index contributed by atoms with van der Waals surface area (Å²) in [4.78, 5) is 11.8. The zero-order chi connectivity index (χ0) is 17.4. The molecule has 0 unspecified atom stereocenters. The Morgan fingerprint density at radius 2 is 1.92 bits per heavy atom. The zero-order valence-electron chi connectivity index (χ0n) is 14.2. The van der Waals surface area contributed by atoms with E-state index in [0.29, 0.717) is 12.4 Å². The minimum absolute atomic E-state index is 0.0903. The number of hydrogen-bond donors (Lipinski definition) is 1. The Balaban J connectivity index is 1.85. The van der Waals surface area contributed by atoms with Crippen LogP contribution in [-0.4, -0.2) is 25.3 Å². The summed E-state index contributed by atoms with van der Waals surface area (Å²) in [5.74, 6) is 1.07. The van der Waals surface area contributed by atoms with E-state index in [1.165, 1.54) is 5.56 Å². The fourth-order valence-corrected chi connectivity index (χ4v) is 2.03. The van der Waals surface area contributed by atoms with Crippen molar-refractivity contribution in [3.05, 3.63) is 59.2 Å². The molecule has 0 saturated heterocycles. The van der Waals surface area contributed by atoms with Gasteiger partial charge < -0.3 is 9.47 Å². The topological polar surface area (TPSA) is 59.9 Å². The fraction of sp³-hybridized carbons (Fsp3) is 0.263. The smallest absolute Gasteiger partial charge is 0.277 e. The maximum atomic E-state index is 11.8. The van der Waals surface area contributed by atoms with Crippen molar-refractivity contribution in [1.82, 2.24) is 5.43 Å². The lowest BCUT2D eigenvalue weighted by atomic mass is 10.1. The first-order valence-electron chi connectivity index (χ1n) is 7.84. The Morgan fingerprint density at radius 1 is 1.12 bits per heavy atom. The molecule has 2 aromatic carbocycles. The van der Waals surface area contributed by atoms with Crippen LogP contribution in [0.2, 0.25) is 0 Å². The molecule has 126 valence electrons. The molecule has 5 heteroatoms. The molecule has 2 aromatic rings. The van der Waals surface area contributed by atoms with E-state index in [2.05, 4.69) is 10.5 Å². The van der Waals surface area contributed by atoms with E-state index in [1.807, 2.05) is 63.2 Å². The molecule has 1 N–H and O–H groups in total. The standard InChI is InChI=1S/C19H22N2O3/c1-4-23-18-8-6-5-7-16(18)12-20-21-19(22)13-24-17-10-9-14(2)15(3)11-17/h5-12H,4,13H2,1-3H3,(H,21,22). The van der Waals surface area contributed by atoms with Gasteiger partial charge in [0.1, 0.15) is 11.5 Å². The van der Waals surface area contributed by atoms with Crippen molar-refractivity contribution in [1.29, 1.82) is 0 Å². The molecule has 24 heavy (non-hydrogen) atoms. The summed E-state index contributed by atoms with van der Waals surface area (Å²) in [7, 11) is 0. The lowest BCUT2D eigenvalue weighted by Crippen LogP contribution is -2.24. The van der Waals surface area contributed by atoms with Gasteiger partial charge in [-0.1, -0.05) is 18.2 Å². The van der Waals surface area contributed by atoms with E-state index in [1.54, 1.807) is 6.21 Å². The minimum Gasteiger partial charge on any atom is -0.493 e. The Labute approximate surface area is 142 Å². The number of amides is 1. The molecule has 0 heterocycles. The fourth-order valence-electron chi connectivity index (χ4n) is 2.03. The number of hydrogen-bond acceptors (Lipinski definition) is 4. The SMILES string of the molecule is CCOc1ccccc1C=NNC(=O)COc1ccc(C)c(C)c1. The Bertz CT molecular complexity index is 726. The largest absolute Gasteiger partial charge is 0.493 e. The van der Waals surface area contributed by atoms with Crippen molar-refractivity contribution in [3.8, 4) is 11.5 Å². The average molecular weight is 326 g/mol. The van der Waals surface area contributed by atoms with Crippen LogP contribution >= 0.6 is 0 Å². The number of ether oxygens (including phenoxy) is 2. The van der Waals surface area contributed by atoms with Gasteiger partial charge in [0.25, 0.3) is 5.91 Å². The van der Waals surface area contributed by atoms with E-state index < -0.39 is 0 Å². The molecule has 0 aliphatic carbocycles. The molecule has 2 rings (SSSR count). The molecule has 5 nitrogen and oxygen atoms in total. The van der Waals surface area contributed by atoms with Crippen molar-refractivity contribution in [2.75, 3.05) is 13.2 Å². The van der Waals surface area contributed by atoms with Gasteiger partial charge in [0.2, 0.25) is 0 Å². The summed E-state index contributed by atoms with van der Waals surface area (Å²) in [5.41, 5.74) is 5.56. The lowest BCUT2D eigenvalue weighted by molar-refractivity contribution is -0.123. The number of para-hydroxylation sites is 1. The van der Waals surface area contributed by atoms with Crippen molar-refractivity contribution in [3.63, 3.8) is 0 Å². The van der Waals surface area contributed by atoms with Crippen LogP contribution in [0.25, 0.3) is 0 Å². The highest BCUT2D eigenvalue weighted by molar-refractivity contribution is 5.85. The van der Waals surface area contributed by atoms with Crippen molar-refractivity contribution in [2.45, 2.75) is 20.8 Å². The highest BCUT2D eigenvalue weighted by atomic mass is 16.5. The molecular formula is C19H22N2O3. The molecule has 0 aromatic heterocycles. The van der Waals surface area contributed by atoms with Gasteiger partial charge >= 0.3 is 0 Å². The number of aryl methyl sites for hydroxylation is 2. The van der Waals surface area contributed by atoms with Crippen molar-refractivity contribution in [2.24, 2.45) is 5.10 Å². The Kier molecular flexibility index (Phi) is 6.37. The maximum absolute atomic E-state index is 11.8. The van der Waals surface area contributed by atoms with Gasteiger partial charge in [-0.05, 0) is 56.2 Å². The quantitative estimate of drug-likeness (QED) is 0.628. The molecule has 0 radical (unpaired) electrons. The highest BCUT2D eigenvalue weighted by Crippen LogP contribution is 2.16.